The minimum atomic E-state index is 0.716. The van der Waals surface area contributed by atoms with Crippen molar-refractivity contribution in [2.24, 2.45) is 0 Å². The van der Waals surface area contributed by atoms with Crippen molar-refractivity contribution in [2.75, 3.05) is 0 Å². The van der Waals surface area contributed by atoms with E-state index in [1.54, 1.807) is 17.5 Å². The molecule has 2 nitrogen and oxygen atoms in total. The molecular formula is C14H9ClN2S. The number of benzene rings is 1. The fourth-order valence-electron chi connectivity index (χ4n) is 1.82. The first-order valence-electron chi connectivity index (χ1n) is 5.44. The van der Waals surface area contributed by atoms with Crippen LogP contribution in [0.25, 0.3) is 21.7 Å². The van der Waals surface area contributed by atoms with Crippen LogP contribution in [0, 0.1) is 0 Å². The van der Waals surface area contributed by atoms with E-state index in [2.05, 4.69) is 16.0 Å². The third-order valence-corrected chi connectivity index (χ3v) is 3.65. The summed E-state index contributed by atoms with van der Waals surface area (Å²) in [5.74, 6) is 0. The maximum absolute atomic E-state index is 6.03. The molecule has 0 amide bonds. The van der Waals surface area contributed by atoms with Crippen molar-refractivity contribution in [1.29, 1.82) is 0 Å². The largest absolute Gasteiger partial charge is 0.256 e. The summed E-state index contributed by atoms with van der Waals surface area (Å²) in [5, 5.41) is 0.716. The predicted molar refractivity (Wildman–Crippen MR) is 75.8 cm³/mol. The van der Waals surface area contributed by atoms with Gasteiger partial charge in [-0.25, -0.2) is 0 Å². The van der Waals surface area contributed by atoms with E-state index in [1.807, 2.05) is 42.0 Å². The topological polar surface area (TPSA) is 25.8 Å². The van der Waals surface area contributed by atoms with E-state index in [-0.39, 0.29) is 0 Å². The second-order valence-corrected chi connectivity index (χ2v) is 5.10. The molecular weight excluding hydrogens is 264 g/mol. The Labute approximate surface area is 114 Å². The highest BCUT2D eigenvalue weighted by molar-refractivity contribution is 7.13. The minimum absolute atomic E-state index is 0.716. The first-order chi connectivity index (χ1) is 8.84. The van der Waals surface area contributed by atoms with Crippen molar-refractivity contribution in [3.05, 3.63) is 59.3 Å². The Hall–Kier alpha value is -1.71. The van der Waals surface area contributed by atoms with E-state index in [9.17, 15) is 0 Å². The lowest BCUT2D eigenvalue weighted by atomic mass is 10.1. The summed E-state index contributed by atoms with van der Waals surface area (Å²) < 4.78 is 0. The number of pyridine rings is 1. The van der Waals surface area contributed by atoms with Gasteiger partial charge in [-0.2, -0.15) is 0 Å². The number of rotatable bonds is 2. The summed E-state index contributed by atoms with van der Waals surface area (Å²) in [4.78, 5) is 9.69. The molecule has 88 valence electrons. The molecule has 18 heavy (non-hydrogen) atoms. The second kappa shape index (κ2) is 4.88. The fourth-order valence-corrected chi connectivity index (χ4v) is 2.66. The van der Waals surface area contributed by atoms with Crippen LogP contribution in [0.5, 0.6) is 0 Å². The van der Waals surface area contributed by atoms with Gasteiger partial charge in [0.25, 0.3) is 0 Å². The van der Waals surface area contributed by atoms with Gasteiger partial charge in [0.2, 0.25) is 0 Å². The summed E-state index contributed by atoms with van der Waals surface area (Å²) in [7, 11) is 0. The summed E-state index contributed by atoms with van der Waals surface area (Å²) >= 11 is 7.64. The van der Waals surface area contributed by atoms with Gasteiger partial charge in [-0.05, 0) is 24.3 Å². The van der Waals surface area contributed by atoms with E-state index in [0.29, 0.717) is 5.02 Å². The highest BCUT2D eigenvalue weighted by atomic mass is 35.5. The molecule has 1 aromatic carbocycles. The number of nitrogens with zero attached hydrogens (tertiary/aromatic N) is 2. The van der Waals surface area contributed by atoms with Crippen LogP contribution in [0.3, 0.4) is 0 Å². The van der Waals surface area contributed by atoms with Crippen LogP contribution in [0.1, 0.15) is 0 Å². The molecule has 0 atom stereocenters. The van der Waals surface area contributed by atoms with Crippen LogP contribution in [0.4, 0.5) is 0 Å². The lowest BCUT2D eigenvalue weighted by Gasteiger charge is -2.06. The zero-order valence-electron chi connectivity index (χ0n) is 9.38. The van der Waals surface area contributed by atoms with E-state index in [1.165, 1.54) is 0 Å². The number of hydrogen-bond donors (Lipinski definition) is 0. The van der Waals surface area contributed by atoms with E-state index in [4.69, 9.17) is 11.6 Å². The van der Waals surface area contributed by atoms with Gasteiger partial charge in [-0.1, -0.05) is 23.7 Å². The van der Waals surface area contributed by atoms with Gasteiger partial charge in [0, 0.05) is 28.5 Å². The Morgan fingerprint density at radius 3 is 2.83 bits per heavy atom. The SMILES string of the molecule is Clc1cccc(-c2ncccc2-c2cncs2)c1. The molecule has 0 aliphatic carbocycles. The predicted octanol–water partition coefficient (Wildman–Crippen LogP) is 4.53. The quantitative estimate of drug-likeness (QED) is 0.685. The molecule has 0 fully saturated rings. The molecule has 4 heteroatoms. The molecule has 0 N–H and O–H groups in total. The minimum Gasteiger partial charge on any atom is -0.256 e. The molecule has 0 bridgehead atoms. The molecule has 3 aromatic rings. The highest BCUT2D eigenvalue weighted by Gasteiger charge is 2.09. The van der Waals surface area contributed by atoms with E-state index in [0.717, 1.165) is 21.7 Å². The fraction of sp³-hybridized carbons (Fsp3) is 0. The molecule has 2 aromatic heterocycles. The van der Waals surface area contributed by atoms with E-state index < -0.39 is 0 Å². The summed E-state index contributed by atoms with van der Waals surface area (Å²) in [6.45, 7) is 0. The van der Waals surface area contributed by atoms with E-state index >= 15 is 0 Å². The lowest BCUT2D eigenvalue weighted by molar-refractivity contribution is 1.33. The van der Waals surface area contributed by atoms with Crippen molar-refractivity contribution in [2.45, 2.75) is 0 Å². The first kappa shape index (κ1) is 11.4. The van der Waals surface area contributed by atoms with Crippen LogP contribution in [-0.4, -0.2) is 9.97 Å². The van der Waals surface area contributed by atoms with Crippen molar-refractivity contribution in [3.8, 4) is 21.7 Å². The third kappa shape index (κ3) is 2.15. The second-order valence-electron chi connectivity index (χ2n) is 3.78. The van der Waals surface area contributed by atoms with Gasteiger partial charge in [-0.3, -0.25) is 9.97 Å². The maximum Gasteiger partial charge on any atom is 0.0797 e. The van der Waals surface area contributed by atoms with Crippen LogP contribution < -0.4 is 0 Å². The maximum atomic E-state index is 6.03. The molecule has 0 radical (unpaired) electrons. The Kier molecular flexibility index (Phi) is 3.09. The number of thiazole rings is 1. The third-order valence-electron chi connectivity index (χ3n) is 2.60. The van der Waals surface area contributed by atoms with Gasteiger partial charge in [0.1, 0.15) is 0 Å². The van der Waals surface area contributed by atoms with Gasteiger partial charge in [0.05, 0.1) is 16.1 Å². The first-order valence-corrected chi connectivity index (χ1v) is 6.70. The molecule has 0 aliphatic rings. The average molecular weight is 273 g/mol. The Balaban J connectivity index is 2.18. The highest BCUT2D eigenvalue weighted by Crippen LogP contribution is 2.32. The van der Waals surface area contributed by atoms with Crippen molar-refractivity contribution < 1.29 is 0 Å². The Morgan fingerprint density at radius 1 is 1.11 bits per heavy atom. The summed E-state index contributed by atoms with van der Waals surface area (Å²) in [6, 6.07) is 11.7. The monoisotopic (exact) mass is 272 g/mol. The number of hydrogen-bond acceptors (Lipinski definition) is 3. The zero-order chi connectivity index (χ0) is 12.4. The van der Waals surface area contributed by atoms with Crippen LogP contribution in [0.15, 0.2) is 54.3 Å². The smallest absolute Gasteiger partial charge is 0.0797 e. The zero-order valence-corrected chi connectivity index (χ0v) is 10.9. The number of halogens is 1. The average Bonchev–Trinajstić information content (AvgIpc) is 2.92. The van der Waals surface area contributed by atoms with Crippen LogP contribution in [0.2, 0.25) is 5.02 Å². The summed E-state index contributed by atoms with van der Waals surface area (Å²) in [6.07, 6.45) is 3.65. The molecule has 0 aliphatic heterocycles. The number of aromatic nitrogens is 2. The van der Waals surface area contributed by atoms with Crippen molar-refractivity contribution in [1.82, 2.24) is 9.97 Å². The van der Waals surface area contributed by atoms with Crippen molar-refractivity contribution in [3.63, 3.8) is 0 Å². The molecule has 3 rings (SSSR count). The molecule has 0 unspecified atom stereocenters. The van der Waals surface area contributed by atoms with Gasteiger partial charge < -0.3 is 0 Å². The van der Waals surface area contributed by atoms with Gasteiger partial charge >= 0.3 is 0 Å². The Morgan fingerprint density at radius 2 is 2.06 bits per heavy atom. The molecule has 2 heterocycles. The lowest BCUT2D eigenvalue weighted by Crippen LogP contribution is -1.87. The standard InChI is InChI=1S/C14H9ClN2S/c15-11-4-1-3-10(7-11)14-12(5-2-6-17-14)13-8-16-9-18-13/h1-9H. The van der Waals surface area contributed by atoms with Crippen LogP contribution >= 0.6 is 22.9 Å². The van der Waals surface area contributed by atoms with Crippen LogP contribution in [-0.2, 0) is 0 Å². The van der Waals surface area contributed by atoms with Crippen molar-refractivity contribution >= 4 is 22.9 Å². The molecule has 0 spiro atoms. The summed E-state index contributed by atoms with van der Waals surface area (Å²) in [5.41, 5.74) is 4.86. The molecule has 0 saturated heterocycles. The van der Waals surface area contributed by atoms with Gasteiger partial charge in [0.15, 0.2) is 0 Å². The normalized spacial score (nSPS) is 10.5. The Bertz CT molecular complexity index is 665. The van der Waals surface area contributed by atoms with Gasteiger partial charge in [-0.15, -0.1) is 11.3 Å². The molecule has 0 saturated carbocycles.